The molecule has 174 valence electrons. The second-order valence-corrected chi connectivity index (χ2v) is 10.7. The van der Waals surface area contributed by atoms with Crippen molar-refractivity contribution in [3.8, 4) is 17.2 Å². The molecule has 3 N–H and O–H groups in total. The van der Waals surface area contributed by atoms with Crippen molar-refractivity contribution in [2.24, 2.45) is 5.10 Å². The monoisotopic (exact) mass is 688 g/mol. The van der Waals surface area contributed by atoms with Crippen molar-refractivity contribution in [2.45, 2.75) is 12.5 Å². The van der Waals surface area contributed by atoms with E-state index >= 15 is 0 Å². The molecule has 1 aromatic heterocycles. The first-order valence-electron chi connectivity index (χ1n) is 10.8. The summed E-state index contributed by atoms with van der Waals surface area (Å²) in [5.74, 6) is 0.183. The summed E-state index contributed by atoms with van der Waals surface area (Å²) in [7, 11) is 0. The number of phenolic OH excluding ortho intramolecular Hbond substituents is 2. The number of hydrazone groups is 1. The van der Waals surface area contributed by atoms with Crippen molar-refractivity contribution in [1.82, 2.24) is 20.4 Å². The molecule has 0 bridgehead atoms. The average Bonchev–Trinajstić information content (AvgIpc) is 3.47. The highest BCUT2D eigenvalue weighted by Gasteiger charge is 2.27. The van der Waals surface area contributed by atoms with E-state index in [-0.39, 0.29) is 17.5 Å². The Morgan fingerprint density at radius 3 is 2.14 bits per heavy atom. The van der Waals surface area contributed by atoms with Crippen LogP contribution in [-0.4, -0.2) is 37.0 Å². The maximum Gasteiger partial charge on any atom is 0.146 e. The maximum atomic E-state index is 11.2. The number of hydrazine groups is 1. The first-order valence-corrected chi connectivity index (χ1v) is 13.0. The largest absolute Gasteiger partial charge is 0.505 e. The molecule has 1 unspecified atom stereocenters. The van der Waals surface area contributed by atoms with Crippen molar-refractivity contribution in [1.29, 1.82) is 0 Å². The van der Waals surface area contributed by atoms with Crippen LogP contribution in [0.3, 0.4) is 0 Å². The van der Waals surface area contributed by atoms with Crippen LogP contribution in [0.2, 0.25) is 0 Å². The number of aromatic nitrogens is 3. The van der Waals surface area contributed by atoms with Crippen LogP contribution in [0.1, 0.15) is 11.1 Å². The van der Waals surface area contributed by atoms with Crippen LogP contribution < -0.4 is 10.5 Å². The molecular weight excluding hydrogens is 670 g/mol. The summed E-state index contributed by atoms with van der Waals surface area (Å²) < 4.78 is 1.87. The average molecular weight is 688 g/mol. The molecule has 2 aliphatic rings. The molecule has 0 amide bonds. The Labute approximate surface area is 227 Å². The van der Waals surface area contributed by atoms with E-state index in [9.17, 15) is 10.2 Å². The molecule has 1 aliphatic heterocycles. The van der Waals surface area contributed by atoms with Gasteiger partial charge < -0.3 is 10.2 Å². The van der Waals surface area contributed by atoms with Gasteiger partial charge in [0.05, 0.1) is 11.8 Å². The van der Waals surface area contributed by atoms with Crippen molar-refractivity contribution >= 4 is 67.6 Å². The number of allylic oxidation sites excluding steroid dienone is 2. The summed E-state index contributed by atoms with van der Waals surface area (Å²) in [6, 6.07) is 15.1. The number of hydrogen-bond donors (Lipinski definition) is 3. The van der Waals surface area contributed by atoms with Crippen LogP contribution in [0.5, 0.6) is 11.5 Å². The minimum Gasteiger partial charge on any atom is -0.505 e. The molecule has 8 nitrogen and oxygen atoms in total. The Balaban J connectivity index is 1.38. The lowest BCUT2D eigenvalue weighted by Gasteiger charge is -2.20. The number of nitrogens with zero attached hydrogens (tertiary/aromatic N) is 5. The van der Waals surface area contributed by atoms with E-state index in [4.69, 9.17) is 0 Å². The smallest absolute Gasteiger partial charge is 0.146 e. The topological polar surface area (TPSA) is 98.8 Å². The van der Waals surface area contributed by atoms with Crippen LogP contribution in [-0.2, 0) is 6.42 Å². The number of fused-ring (bicyclic) bond motifs is 2. The predicted molar refractivity (Wildman–Crippen MR) is 152 cm³/mol. The molecule has 0 fully saturated rings. The Bertz CT molecular complexity index is 1540. The van der Waals surface area contributed by atoms with Gasteiger partial charge in [-0.3, -0.25) is 0 Å². The first-order chi connectivity index (χ1) is 17.0. The molecule has 10 heteroatoms. The Morgan fingerprint density at radius 1 is 0.857 bits per heavy atom. The van der Waals surface area contributed by atoms with Gasteiger partial charge in [-0.25, -0.2) is 0 Å². The molecule has 0 radical (unpaired) electrons. The van der Waals surface area contributed by atoms with Crippen LogP contribution in [0.15, 0.2) is 77.9 Å². The summed E-state index contributed by atoms with van der Waals surface area (Å²) in [4.78, 5) is 1.46. The Morgan fingerprint density at radius 2 is 1.49 bits per heavy atom. The first kappa shape index (κ1) is 22.5. The lowest BCUT2D eigenvalue weighted by atomic mass is 10.0. The summed E-state index contributed by atoms with van der Waals surface area (Å²) in [6.07, 6.45) is 8.19. The van der Waals surface area contributed by atoms with Gasteiger partial charge in [0.2, 0.25) is 0 Å². The molecule has 1 atom stereocenters. The van der Waals surface area contributed by atoms with E-state index in [0.717, 1.165) is 23.9 Å². The highest BCUT2D eigenvalue weighted by Crippen LogP contribution is 2.38. The SMILES string of the molecule is Oc1c(Cc2cc(I)cc(-n3nc4ccccc4n3)c2O)cc(I)cc1N1N=C2C=CC=CC2N1. The third-order valence-corrected chi connectivity index (χ3v) is 7.10. The molecule has 0 saturated carbocycles. The van der Waals surface area contributed by atoms with Gasteiger partial charge in [-0.1, -0.05) is 30.4 Å². The van der Waals surface area contributed by atoms with Gasteiger partial charge in [0.1, 0.15) is 33.9 Å². The van der Waals surface area contributed by atoms with Gasteiger partial charge >= 0.3 is 0 Å². The van der Waals surface area contributed by atoms with E-state index < -0.39 is 0 Å². The zero-order valence-corrected chi connectivity index (χ0v) is 22.4. The predicted octanol–water partition coefficient (Wildman–Crippen LogP) is 4.81. The van der Waals surface area contributed by atoms with Crippen molar-refractivity contribution < 1.29 is 10.2 Å². The summed E-state index contributed by atoms with van der Waals surface area (Å²) in [5.41, 5.74) is 8.05. The van der Waals surface area contributed by atoms with E-state index in [1.165, 1.54) is 4.80 Å². The molecule has 0 spiro atoms. The van der Waals surface area contributed by atoms with Crippen molar-refractivity contribution in [3.63, 3.8) is 0 Å². The standard InChI is InChI=1S/C25H18I2N6O2/c26-16-10-14(24(34)22(12-16)32-28-18-5-1-2-6-19(18)29-32)9-15-11-17(27)13-23(25(15)35)33-30-20-7-3-4-8-21(20)31-33/h1-8,10-13,18,28,34-35H,9H2. The van der Waals surface area contributed by atoms with Crippen LogP contribution in [0, 0.1) is 7.14 Å². The van der Waals surface area contributed by atoms with Gasteiger partial charge in [-0.15, -0.1) is 15.0 Å². The van der Waals surface area contributed by atoms with Gasteiger partial charge in [0.25, 0.3) is 0 Å². The van der Waals surface area contributed by atoms with E-state index in [1.807, 2.05) is 72.8 Å². The van der Waals surface area contributed by atoms with Gasteiger partial charge in [0.15, 0.2) is 0 Å². The summed E-state index contributed by atoms with van der Waals surface area (Å²) in [5, 5.41) is 37.6. The number of anilines is 1. The van der Waals surface area contributed by atoms with Gasteiger partial charge in [-0.05, 0) is 87.7 Å². The fourth-order valence-corrected chi connectivity index (χ4v) is 5.51. The van der Waals surface area contributed by atoms with Crippen molar-refractivity contribution in [3.05, 3.63) is 91.1 Å². The summed E-state index contributed by atoms with van der Waals surface area (Å²) >= 11 is 4.44. The molecule has 3 aromatic carbocycles. The fraction of sp³-hybridized carbons (Fsp3) is 0.0800. The molecule has 35 heavy (non-hydrogen) atoms. The second-order valence-electron chi connectivity index (χ2n) is 8.21. The van der Waals surface area contributed by atoms with Gasteiger partial charge in [0, 0.05) is 24.7 Å². The van der Waals surface area contributed by atoms with Crippen LogP contribution >= 0.6 is 45.2 Å². The molecule has 2 heterocycles. The number of benzene rings is 3. The zero-order chi connectivity index (χ0) is 24.1. The number of phenols is 2. The lowest BCUT2D eigenvalue weighted by molar-refractivity contribution is 0.457. The minimum absolute atomic E-state index is 0.0277. The number of aromatic hydroxyl groups is 2. The Kier molecular flexibility index (Phi) is 5.73. The normalized spacial score (nSPS) is 16.7. The van der Waals surface area contributed by atoms with Crippen LogP contribution in [0.4, 0.5) is 5.69 Å². The summed E-state index contributed by atoms with van der Waals surface area (Å²) in [6.45, 7) is 0. The zero-order valence-electron chi connectivity index (χ0n) is 18.1. The number of nitrogens with one attached hydrogen (secondary N) is 1. The fourth-order valence-electron chi connectivity index (χ4n) is 4.17. The molecule has 6 rings (SSSR count). The van der Waals surface area contributed by atoms with E-state index in [2.05, 4.69) is 65.9 Å². The lowest BCUT2D eigenvalue weighted by Crippen LogP contribution is -2.37. The molecule has 0 saturated heterocycles. The third-order valence-electron chi connectivity index (χ3n) is 5.86. The quantitative estimate of drug-likeness (QED) is 0.267. The van der Waals surface area contributed by atoms with E-state index in [1.54, 1.807) is 5.12 Å². The molecular formula is C25H18I2N6O2. The van der Waals surface area contributed by atoms with Crippen molar-refractivity contribution in [2.75, 3.05) is 5.12 Å². The third kappa shape index (κ3) is 4.19. The number of halogens is 2. The van der Waals surface area contributed by atoms with Gasteiger partial charge in [-0.2, -0.15) is 15.6 Å². The minimum atomic E-state index is -0.0277. The molecule has 1 aliphatic carbocycles. The Hall–Kier alpha value is -2.97. The molecule has 4 aromatic rings. The highest BCUT2D eigenvalue weighted by molar-refractivity contribution is 14.1. The van der Waals surface area contributed by atoms with E-state index in [0.29, 0.717) is 28.9 Å². The highest BCUT2D eigenvalue weighted by atomic mass is 127. The number of hydrogen-bond acceptors (Lipinski definition) is 7. The maximum absolute atomic E-state index is 11.2. The number of rotatable bonds is 4. The second kappa shape index (κ2) is 8.91. The van der Waals surface area contributed by atoms with Crippen LogP contribution in [0.25, 0.3) is 16.7 Å².